The second kappa shape index (κ2) is 7.08. The Bertz CT molecular complexity index is 470. The smallest absolute Gasteiger partial charge is 0.142 e. The molecule has 0 spiro atoms. The van der Waals surface area contributed by atoms with Crippen molar-refractivity contribution >= 4 is 11.6 Å². The van der Waals surface area contributed by atoms with Gasteiger partial charge in [0.2, 0.25) is 0 Å². The van der Waals surface area contributed by atoms with Crippen LogP contribution >= 0.6 is 11.6 Å². The molecule has 118 valence electrons. The van der Waals surface area contributed by atoms with E-state index in [4.69, 9.17) is 11.6 Å². The van der Waals surface area contributed by atoms with E-state index in [9.17, 15) is 9.50 Å². The third-order valence-corrected chi connectivity index (χ3v) is 5.35. The predicted molar refractivity (Wildman–Crippen MR) is 85.2 cm³/mol. The van der Waals surface area contributed by atoms with Crippen molar-refractivity contribution in [2.24, 2.45) is 0 Å². The van der Waals surface area contributed by atoms with Gasteiger partial charge in [-0.1, -0.05) is 49.4 Å². The number of hydrogen-bond acceptors (Lipinski definition) is 2. The van der Waals surface area contributed by atoms with Crippen molar-refractivity contribution in [1.82, 2.24) is 4.90 Å². The average Bonchev–Trinajstić information content (AvgIpc) is 2.70. The first-order valence-electron chi connectivity index (χ1n) is 7.76. The minimum Gasteiger partial charge on any atom is -0.391 e. The summed E-state index contributed by atoms with van der Waals surface area (Å²) in [6.07, 6.45) is 6.53. The number of likely N-dealkylation sites (N-methyl/N-ethyl adjacent to an activating group) is 1. The number of benzene rings is 1. The lowest BCUT2D eigenvalue weighted by atomic mass is 9.80. The van der Waals surface area contributed by atoms with E-state index in [1.165, 1.54) is 18.9 Å². The SMILES string of the molecule is CN(C)C1(C(O)Cc2cccc(F)c2Cl)CCCCCC1. The van der Waals surface area contributed by atoms with E-state index < -0.39 is 11.9 Å². The van der Waals surface area contributed by atoms with E-state index in [-0.39, 0.29) is 10.6 Å². The van der Waals surface area contributed by atoms with Crippen molar-refractivity contribution in [2.45, 2.75) is 56.6 Å². The standard InChI is InChI=1S/C17H25ClFNO/c1-20(2)17(10-5-3-4-6-11-17)15(21)12-13-8-7-9-14(19)16(13)18/h7-9,15,21H,3-6,10-12H2,1-2H3. The van der Waals surface area contributed by atoms with Crippen molar-refractivity contribution in [3.8, 4) is 0 Å². The monoisotopic (exact) mass is 313 g/mol. The summed E-state index contributed by atoms with van der Waals surface area (Å²) in [6, 6.07) is 4.80. The second-order valence-electron chi connectivity index (χ2n) is 6.35. The highest BCUT2D eigenvalue weighted by molar-refractivity contribution is 6.31. The second-order valence-corrected chi connectivity index (χ2v) is 6.72. The van der Waals surface area contributed by atoms with Crippen LogP contribution in [0.3, 0.4) is 0 Å². The van der Waals surface area contributed by atoms with E-state index in [1.807, 2.05) is 14.1 Å². The van der Waals surface area contributed by atoms with Gasteiger partial charge in [0, 0.05) is 12.0 Å². The van der Waals surface area contributed by atoms with Crippen LogP contribution in [0.4, 0.5) is 4.39 Å². The average molecular weight is 314 g/mol. The number of hydrogen-bond donors (Lipinski definition) is 1. The van der Waals surface area contributed by atoms with Gasteiger partial charge >= 0.3 is 0 Å². The van der Waals surface area contributed by atoms with Gasteiger partial charge in [-0.2, -0.15) is 0 Å². The molecule has 2 nitrogen and oxygen atoms in total. The molecule has 1 N–H and O–H groups in total. The Labute approximate surface area is 131 Å². The lowest BCUT2D eigenvalue weighted by Crippen LogP contribution is -2.54. The fourth-order valence-electron chi connectivity index (χ4n) is 3.52. The summed E-state index contributed by atoms with van der Waals surface area (Å²) in [7, 11) is 4.06. The zero-order valence-corrected chi connectivity index (χ0v) is 13.7. The van der Waals surface area contributed by atoms with Gasteiger partial charge in [0.05, 0.1) is 11.1 Å². The first-order chi connectivity index (χ1) is 9.97. The van der Waals surface area contributed by atoms with Crippen LogP contribution in [0.2, 0.25) is 5.02 Å². The van der Waals surface area contributed by atoms with Crippen LogP contribution in [0, 0.1) is 5.82 Å². The Hall–Kier alpha value is -0.640. The summed E-state index contributed by atoms with van der Waals surface area (Å²) in [5, 5.41) is 11.0. The van der Waals surface area contributed by atoms with Gasteiger partial charge in [0.15, 0.2) is 0 Å². The van der Waals surface area contributed by atoms with Gasteiger partial charge in [-0.05, 0) is 38.6 Å². The zero-order chi connectivity index (χ0) is 15.5. The normalized spacial score (nSPS) is 20.3. The number of rotatable bonds is 4. The summed E-state index contributed by atoms with van der Waals surface area (Å²) in [4.78, 5) is 2.15. The van der Waals surface area contributed by atoms with Crippen LogP contribution in [0.1, 0.15) is 44.1 Å². The molecule has 1 aromatic carbocycles. The van der Waals surface area contributed by atoms with Crippen LogP contribution in [0.15, 0.2) is 18.2 Å². The zero-order valence-electron chi connectivity index (χ0n) is 12.9. The molecule has 0 bridgehead atoms. The lowest BCUT2D eigenvalue weighted by Gasteiger charge is -2.43. The molecule has 1 saturated carbocycles. The maximum absolute atomic E-state index is 13.6. The summed E-state index contributed by atoms with van der Waals surface area (Å²) in [5.41, 5.74) is 0.459. The van der Waals surface area contributed by atoms with E-state index in [0.717, 1.165) is 25.7 Å². The fraction of sp³-hybridized carbons (Fsp3) is 0.647. The van der Waals surface area contributed by atoms with Gasteiger partial charge < -0.3 is 10.0 Å². The summed E-state index contributed by atoms with van der Waals surface area (Å²) in [6.45, 7) is 0. The Kier molecular flexibility index (Phi) is 5.64. The molecular formula is C17H25ClFNO. The maximum atomic E-state index is 13.6. The third kappa shape index (κ3) is 3.58. The molecule has 1 aliphatic carbocycles. The first-order valence-corrected chi connectivity index (χ1v) is 8.13. The Balaban J connectivity index is 2.22. The highest BCUT2D eigenvalue weighted by atomic mass is 35.5. The summed E-state index contributed by atoms with van der Waals surface area (Å²) in [5.74, 6) is -0.416. The molecule has 4 heteroatoms. The van der Waals surface area contributed by atoms with Crippen LogP contribution in [0.25, 0.3) is 0 Å². The van der Waals surface area contributed by atoms with Gasteiger partial charge in [0.1, 0.15) is 5.82 Å². The van der Waals surface area contributed by atoms with Crippen LogP contribution in [-0.2, 0) is 6.42 Å². The summed E-state index contributed by atoms with van der Waals surface area (Å²) >= 11 is 6.03. The molecule has 1 atom stereocenters. The Morgan fingerprint density at radius 1 is 1.24 bits per heavy atom. The topological polar surface area (TPSA) is 23.5 Å². The number of aliphatic hydroxyl groups excluding tert-OH is 1. The van der Waals surface area contributed by atoms with Crippen molar-refractivity contribution in [3.63, 3.8) is 0 Å². The maximum Gasteiger partial charge on any atom is 0.142 e. The predicted octanol–water partition coefficient (Wildman–Crippen LogP) is 4.04. The molecule has 0 amide bonds. The Morgan fingerprint density at radius 3 is 2.43 bits per heavy atom. The number of halogens is 2. The van der Waals surface area contributed by atoms with Crippen LogP contribution < -0.4 is 0 Å². The number of aliphatic hydroxyl groups is 1. The highest BCUT2D eigenvalue weighted by Crippen LogP contribution is 2.36. The first kappa shape index (κ1) is 16.7. The van der Waals surface area contributed by atoms with Gasteiger partial charge in [0.25, 0.3) is 0 Å². The van der Waals surface area contributed by atoms with Gasteiger partial charge in [-0.15, -0.1) is 0 Å². The number of nitrogens with zero attached hydrogens (tertiary/aromatic N) is 1. The molecule has 2 rings (SSSR count). The van der Waals surface area contributed by atoms with Crippen LogP contribution in [-0.4, -0.2) is 35.7 Å². The van der Waals surface area contributed by atoms with Crippen LogP contribution in [0.5, 0.6) is 0 Å². The van der Waals surface area contributed by atoms with Crippen molar-refractivity contribution in [1.29, 1.82) is 0 Å². The Morgan fingerprint density at radius 2 is 1.86 bits per heavy atom. The van der Waals surface area contributed by atoms with E-state index in [0.29, 0.717) is 12.0 Å². The molecular weight excluding hydrogens is 289 g/mol. The molecule has 1 aliphatic rings. The molecule has 1 aromatic rings. The van der Waals surface area contributed by atoms with E-state index >= 15 is 0 Å². The molecule has 0 radical (unpaired) electrons. The highest BCUT2D eigenvalue weighted by Gasteiger charge is 2.40. The fourth-order valence-corrected chi connectivity index (χ4v) is 3.73. The molecule has 0 aliphatic heterocycles. The van der Waals surface area contributed by atoms with Crippen molar-refractivity contribution in [3.05, 3.63) is 34.6 Å². The third-order valence-electron chi connectivity index (χ3n) is 4.93. The van der Waals surface area contributed by atoms with Gasteiger partial charge in [-0.3, -0.25) is 0 Å². The van der Waals surface area contributed by atoms with E-state index in [1.54, 1.807) is 12.1 Å². The largest absolute Gasteiger partial charge is 0.391 e. The van der Waals surface area contributed by atoms with Crippen molar-refractivity contribution < 1.29 is 9.50 Å². The minimum absolute atomic E-state index is 0.138. The van der Waals surface area contributed by atoms with Gasteiger partial charge in [-0.25, -0.2) is 4.39 Å². The molecule has 0 aromatic heterocycles. The molecule has 1 fully saturated rings. The lowest BCUT2D eigenvalue weighted by molar-refractivity contribution is -0.0174. The quantitative estimate of drug-likeness (QED) is 0.848. The summed E-state index contributed by atoms with van der Waals surface area (Å²) < 4.78 is 13.6. The molecule has 0 heterocycles. The molecule has 0 saturated heterocycles. The minimum atomic E-state index is -0.537. The molecule has 1 unspecified atom stereocenters. The molecule has 21 heavy (non-hydrogen) atoms. The van der Waals surface area contributed by atoms with Crippen molar-refractivity contribution in [2.75, 3.05) is 14.1 Å². The van der Waals surface area contributed by atoms with E-state index in [2.05, 4.69) is 4.90 Å².